The Morgan fingerprint density at radius 1 is 1.00 bits per heavy atom. The van der Waals surface area contributed by atoms with Gasteiger partial charge in [0.2, 0.25) is 0 Å². The van der Waals surface area contributed by atoms with E-state index in [0.29, 0.717) is 49.2 Å². The number of para-hydroxylation sites is 1. The van der Waals surface area contributed by atoms with E-state index in [9.17, 15) is 14.0 Å². The molecule has 1 amide bonds. The van der Waals surface area contributed by atoms with E-state index in [1.54, 1.807) is 47.4 Å². The van der Waals surface area contributed by atoms with Gasteiger partial charge in [-0.25, -0.2) is 9.07 Å². The molecule has 6 nitrogen and oxygen atoms in total. The average Bonchev–Trinajstić information content (AvgIpc) is 2.74. The number of carbonyl (C=O) groups is 1. The molecule has 4 rings (SSSR count). The van der Waals surface area contributed by atoms with Crippen LogP contribution in [-0.2, 0) is 6.54 Å². The van der Waals surface area contributed by atoms with Crippen LogP contribution < -0.4 is 10.5 Å². The van der Waals surface area contributed by atoms with Crippen LogP contribution in [0.5, 0.6) is 0 Å². The number of carbonyl (C=O) groups excluding carboxylic acids is 1. The van der Waals surface area contributed by atoms with Crippen LogP contribution in [0.15, 0.2) is 53.3 Å². The van der Waals surface area contributed by atoms with Crippen LogP contribution >= 0.6 is 0 Å². The molecule has 0 aliphatic carbocycles. The van der Waals surface area contributed by atoms with E-state index in [2.05, 4.69) is 5.10 Å². The van der Waals surface area contributed by atoms with Crippen molar-refractivity contribution in [3.63, 3.8) is 0 Å². The van der Waals surface area contributed by atoms with Gasteiger partial charge in [0, 0.05) is 38.1 Å². The number of benzene rings is 2. The number of hydrogen-bond acceptors (Lipinski definition) is 4. The van der Waals surface area contributed by atoms with Gasteiger partial charge in [0.25, 0.3) is 11.5 Å². The summed E-state index contributed by atoms with van der Waals surface area (Å²) < 4.78 is 15.4. The predicted octanol–water partition coefficient (Wildman–Crippen LogP) is 2.52. The zero-order valence-electron chi connectivity index (χ0n) is 15.6. The fraction of sp³-hybridized carbons (Fsp3) is 0.286. The lowest BCUT2D eigenvalue weighted by molar-refractivity contribution is 0.0740. The first-order valence-electron chi connectivity index (χ1n) is 9.38. The van der Waals surface area contributed by atoms with Crippen molar-refractivity contribution in [1.29, 1.82) is 0 Å². The third kappa shape index (κ3) is 3.13. The molecular weight excluding hydrogens is 359 g/mol. The number of aromatic nitrogens is 2. The average molecular weight is 380 g/mol. The molecular formula is C21H21FN4O2. The lowest BCUT2D eigenvalue weighted by atomic mass is 10.1. The standard InChI is InChI=1S/C21H21FN4O2/c1-2-26-20(27)16-8-4-3-7-15(16)19(23-26)21(28)25-13-11-24(12-14-25)18-10-6-5-9-17(18)22/h3-10H,2,11-14H2,1H3. The van der Waals surface area contributed by atoms with Crippen LogP contribution in [-0.4, -0.2) is 46.8 Å². The van der Waals surface area contributed by atoms with Crippen LogP contribution in [0.3, 0.4) is 0 Å². The molecule has 2 aromatic carbocycles. The summed E-state index contributed by atoms with van der Waals surface area (Å²) in [5.41, 5.74) is 0.646. The topological polar surface area (TPSA) is 58.4 Å². The highest BCUT2D eigenvalue weighted by Gasteiger charge is 2.26. The van der Waals surface area contributed by atoms with Crippen molar-refractivity contribution in [2.75, 3.05) is 31.1 Å². The Morgan fingerprint density at radius 2 is 1.64 bits per heavy atom. The third-order valence-electron chi connectivity index (χ3n) is 5.13. The number of nitrogens with zero attached hydrogens (tertiary/aromatic N) is 4. The Labute approximate surface area is 161 Å². The summed E-state index contributed by atoms with van der Waals surface area (Å²) in [5, 5.41) is 5.39. The summed E-state index contributed by atoms with van der Waals surface area (Å²) in [6.07, 6.45) is 0. The maximum absolute atomic E-state index is 14.0. The maximum Gasteiger partial charge on any atom is 0.275 e. The number of aryl methyl sites for hydroxylation is 1. The number of amides is 1. The van der Waals surface area contributed by atoms with Crippen LogP contribution in [0.1, 0.15) is 17.4 Å². The van der Waals surface area contributed by atoms with E-state index in [1.807, 2.05) is 11.8 Å². The highest BCUT2D eigenvalue weighted by atomic mass is 19.1. The van der Waals surface area contributed by atoms with E-state index >= 15 is 0 Å². The van der Waals surface area contributed by atoms with Crippen molar-refractivity contribution in [1.82, 2.24) is 14.7 Å². The summed E-state index contributed by atoms with van der Waals surface area (Å²) in [7, 11) is 0. The Bertz CT molecular complexity index is 1090. The van der Waals surface area contributed by atoms with Crippen LogP contribution in [0.2, 0.25) is 0 Å². The summed E-state index contributed by atoms with van der Waals surface area (Å²) >= 11 is 0. The summed E-state index contributed by atoms with van der Waals surface area (Å²) in [6.45, 7) is 4.23. The molecule has 1 saturated heterocycles. The smallest absolute Gasteiger partial charge is 0.275 e. The van der Waals surface area contributed by atoms with Crippen molar-refractivity contribution < 1.29 is 9.18 Å². The number of rotatable bonds is 3. The molecule has 144 valence electrons. The quantitative estimate of drug-likeness (QED) is 0.701. The van der Waals surface area contributed by atoms with E-state index in [0.717, 1.165) is 0 Å². The first kappa shape index (κ1) is 18.2. The molecule has 7 heteroatoms. The molecule has 1 fully saturated rings. The zero-order chi connectivity index (χ0) is 19.7. The van der Waals surface area contributed by atoms with Crippen molar-refractivity contribution in [3.05, 3.63) is 70.4 Å². The van der Waals surface area contributed by atoms with Crippen molar-refractivity contribution >= 4 is 22.4 Å². The summed E-state index contributed by atoms with van der Waals surface area (Å²) in [4.78, 5) is 29.3. The number of fused-ring (bicyclic) bond motifs is 1. The Balaban J connectivity index is 1.61. The van der Waals surface area contributed by atoms with E-state index < -0.39 is 0 Å². The highest BCUT2D eigenvalue weighted by molar-refractivity contribution is 6.04. The normalized spacial score (nSPS) is 14.5. The molecule has 2 heterocycles. The maximum atomic E-state index is 14.0. The third-order valence-corrected chi connectivity index (χ3v) is 5.13. The fourth-order valence-corrected chi connectivity index (χ4v) is 3.62. The van der Waals surface area contributed by atoms with Gasteiger partial charge < -0.3 is 9.80 Å². The molecule has 1 aliphatic rings. The van der Waals surface area contributed by atoms with E-state index in [-0.39, 0.29) is 23.0 Å². The molecule has 1 aromatic heterocycles. The summed E-state index contributed by atoms with van der Waals surface area (Å²) in [5.74, 6) is -0.462. The van der Waals surface area contributed by atoms with Crippen molar-refractivity contribution in [3.8, 4) is 0 Å². The van der Waals surface area contributed by atoms with Crippen LogP contribution in [0.4, 0.5) is 10.1 Å². The molecule has 0 spiro atoms. The number of hydrogen-bond donors (Lipinski definition) is 0. The van der Waals surface area contributed by atoms with Gasteiger partial charge in [0.1, 0.15) is 5.82 Å². The molecule has 28 heavy (non-hydrogen) atoms. The molecule has 0 N–H and O–H groups in total. The molecule has 0 saturated carbocycles. The van der Waals surface area contributed by atoms with Gasteiger partial charge in [0.15, 0.2) is 5.69 Å². The minimum absolute atomic E-state index is 0.195. The van der Waals surface area contributed by atoms with E-state index in [4.69, 9.17) is 0 Å². The number of halogens is 1. The Morgan fingerprint density at radius 3 is 2.32 bits per heavy atom. The lowest BCUT2D eigenvalue weighted by Crippen LogP contribution is -2.49. The van der Waals surface area contributed by atoms with Crippen molar-refractivity contribution in [2.45, 2.75) is 13.5 Å². The monoisotopic (exact) mass is 380 g/mol. The minimum atomic E-state index is -0.259. The highest BCUT2D eigenvalue weighted by Crippen LogP contribution is 2.21. The van der Waals surface area contributed by atoms with Gasteiger partial charge in [-0.1, -0.05) is 30.3 Å². The van der Waals surface area contributed by atoms with Gasteiger partial charge in [-0.05, 0) is 25.1 Å². The van der Waals surface area contributed by atoms with Gasteiger partial charge >= 0.3 is 0 Å². The lowest BCUT2D eigenvalue weighted by Gasteiger charge is -2.36. The second-order valence-electron chi connectivity index (χ2n) is 6.75. The number of anilines is 1. The van der Waals surface area contributed by atoms with Crippen molar-refractivity contribution in [2.24, 2.45) is 0 Å². The molecule has 0 radical (unpaired) electrons. The summed E-state index contributed by atoms with van der Waals surface area (Å²) in [6, 6.07) is 13.7. The number of piperazine rings is 1. The molecule has 0 unspecified atom stereocenters. The first-order valence-corrected chi connectivity index (χ1v) is 9.38. The van der Waals surface area contributed by atoms with Gasteiger partial charge in [-0.3, -0.25) is 9.59 Å². The van der Waals surface area contributed by atoms with Crippen LogP contribution in [0, 0.1) is 5.82 Å². The van der Waals surface area contributed by atoms with Gasteiger partial charge in [-0.15, -0.1) is 0 Å². The zero-order valence-corrected chi connectivity index (χ0v) is 15.6. The second-order valence-corrected chi connectivity index (χ2v) is 6.75. The van der Waals surface area contributed by atoms with Gasteiger partial charge in [0.05, 0.1) is 11.1 Å². The molecule has 3 aromatic rings. The largest absolute Gasteiger partial charge is 0.366 e. The Hall–Kier alpha value is -3.22. The molecule has 1 aliphatic heterocycles. The van der Waals surface area contributed by atoms with Crippen LogP contribution in [0.25, 0.3) is 10.8 Å². The molecule has 0 atom stereocenters. The SMILES string of the molecule is CCn1nc(C(=O)N2CCN(c3ccccc3F)CC2)c2ccccc2c1=O. The molecule has 0 bridgehead atoms. The first-order chi connectivity index (χ1) is 13.6. The van der Waals surface area contributed by atoms with E-state index in [1.165, 1.54) is 10.7 Å². The predicted molar refractivity (Wildman–Crippen MR) is 106 cm³/mol. The van der Waals surface area contributed by atoms with Gasteiger partial charge in [-0.2, -0.15) is 5.10 Å². The minimum Gasteiger partial charge on any atom is -0.366 e. The second kappa shape index (κ2) is 7.42. The Kier molecular flexibility index (Phi) is 4.81. The fourth-order valence-electron chi connectivity index (χ4n) is 3.62.